The molecule has 0 spiro atoms. The predicted octanol–water partition coefficient (Wildman–Crippen LogP) is 5.27. The largest absolute Gasteiger partial charge is 0.493 e. The molecule has 30 heavy (non-hydrogen) atoms. The number of para-hydroxylation sites is 1. The van der Waals surface area contributed by atoms with E-state index in [0.717, 1.165) is 5.56 Å². The molecule has 5 nitrogen and oxygen atoms in total. The Morgan fingerprint density at radius 2 is 1.80 bits per heavy atom. The molecule has 0 saturated carbocycles. The smallest absolute Gasteiger partial charge is 0.216 e. The van der Waals surface area contributed by atoms with Crippen LogP contribution < -0.4 is 9.47 Å². The molecular weight excluding hydrogens is 422 g/mol. The molecule has 0 amide bonds. The van der Waals surface area contributed by atoms with Crippen LogP contribution in [0.1, 0.15) is 11.1 Å². The zero-order chi connectivity index (χ0) is 21.6. The van der Waals surface area contributed by atoms with Gasteiger partial charge in [0.15, 0.2) is 11.5 Å². The molecule has 152 valence electrons. The van der Waals surface area contributed by atoms with Gasteiger partial charge in [0.05, 0.1) is 12.0 Å². The third-order valence-electron chi connectivity index (χ3n) is 4.24. The summed E-state index contributed by atoms with van der Waals surface area (Å²) in [4.78, 5) is -0.350. The molecule has 0 aliphatic heterocycles. The van der Waals surface area contributed by atoms with Gasteiger partial charge in [-0.3, -0.25) is 0 Å². The summed E-state index contributed by atoms with van der Waals surface area (Å²) in [6.07, 6.45) is 1.29. The standard InChI is InChI=1S/C23H18ClNO4S/c1-28-22-12-6-8-18(23(22)29-16-17-7-5-9-19(24)13-17)14-21(15-25)30(26,27)20-10-3-2-4-11-20/h2-14H,16H2,1H3/b21-14-. The quantitative estimate of drug-likeness (QED) is 0.469. The molecule has 0 aromatic heterocycles. The number of methoxy groups -OCH3 is 1. The monoisotopic (exact) mass is 439 g/mol. The fourth-order valence-electron chi connectivity index (χ4n) is 2.78. The van der Waals surface area contributed by atoms with Crippen LogP contribution in [0.25, 0.3) is 6.08 Å². The zero-order valence-corrected chi connectivity index (χ0v) is 17.7. The highest BCUT2D eigenvalue weighted by molar-refractivity contribution is 7.95. The van der Waals surface area contributed by atoms with Crippen LogP contribution in [0.5, 0.6) is 11.5 Å². The summed E-state index contributed by atoms with van der Waals surface area (Å²) in [6, 6.07) is 21.9. The Hall–Kier alpha value is -3.27. The highest BCUT2D eigenvalue weighted by Gasteiger charge is 2.22. The predicted molar refractivity (Wildman–Crippen MR) is 116 cm³/mol. The molecule has 0 saturated heterocycles. The first-order valence-corrected chi connectivity index (χ1v) is 10.8. The van der Waals surface area contributed by atoms with Crippen molar-refractivity contribution in [1.29, 1.82) is 5.26 Å². The Kier molecular flexibility index (Phi) is 6.78. The molecule has 0 radical (unpaired) electrons. The van der Waals surface area contributed by atoms with E-state index in [0.29, 0.717) is 22.1 Å². The molecule has 3 rings (SSSR count). The van der Waals surface area contributed by atoms with Crippen molar-refractivity contribution in [2.75, 3.05) is 7.11 Å². The van der Waals surface area contributed by atoms with E-state index < -0.39 is 14.7 Å². The van der Waals surface area contributed by atoms with E-state index in [1.165, 1.54) is 25.3 Å². The fourth-order valence-corrected chi connectivity index (χ4v) is 4.17. The minimum absolute atomic E-state index is 0.0436. The number of hydrogen-bond acceptors (Lipinski definition) is 5. The molecule has 0 heterocycles. The number of hydrogen-bond donors (Lipinski definition) is 0. The summed E-state index contributed by atoms with van der Waals surface area (Å²) in [5.74, 6) is 0.746. The maximum absolute atomic E-state index is 12.9. The van der Waals surface area contributed by atoms with E-state index in [9.17, 15) is 13.7 Å². The second-order valence-electron chi connectivity index (χ2n) is 6.23. The average Bonchev–Trinajstić information content (AvgIpc) is 2.76. The molecule has 3 aromatic rings. The second kappa shape index (κ2) is 9.49. The van der Waals surface area contributed by atoms with Crippen molar-refractivity contribution in [3.05, 3.63) is 93.9 Å². The van der Waals surface area contributed by atoms with Crippen molar-refractivity contribution >= 4 is 27.5 Å². The molecule has 0 aliphatic rings. The number of ether oxygens (including phenoxy) is 2. The third kappa shape index (κ3) is 4.82. The minimum atomic E-state index is -3.97. The lowest BCUT2D eigenvalue weighted by Crippen LogP contribution is -2.04. The van der Waals surface area contributed by atoms with Crippen molar-refractivity contribution in [2.24, 2.45) is 0 Å². The average molecular weight is 440 g/mol. The molecule has 0 N–H and O–H groups in total. The van der Waals surface area contributed by atoms with Crippen molar-refractivity contribution < 1.29 is 17.9 Å². The van der Waals surface area contributed by atoms with Gasteiger partial charge in [-0.2, -0.15) is 5.26 Å². The number of halogens is 1. The lowest BCUT2D eigenvalue weighted by atomic mass is 10.1. The lowest BCUT2D eigenvalue weighted by molar-refractivity contribution is 0.284. The Balaban J connectivity index is 2.01. The van der Waals surface area contributed by atoms with E-state index in [4.69, 9.17) is 21.1 Å². The highest BCUT2D eigenvalue weighted by Crippen LogP contribution is 2.34. The van der Waals surface area contributed by atoms with Gasteiger partial charge < -0.3 is 9.47 Å². The number of sulfone groups is 1. The molecule has 0 unspecified atom stereocenters. The summed E-state index contributed by atoms with van der Waals surface area (Å²) in [5, 5.41) is 10.1. The number of rotatable bonds is 7. The van der Waals surface area contributed by atoms with Gasteiger partial charge in [0.25, 0.3) is 0 Å². The van der Waals surface area contributed by atoms with Crippen LogP contribution in [-0.4, -0.2) is 15.5 Å². The normalized spacial score (nSPS) is 11.6. The van der Waals surface area contributed by atoms with Gasteiger partial charge in [-0.1, -0.05) is 54.1 Å². The van der Waals surface area contributed by atoms with E-state index in [1.54, 1.807) is 54.6 Å². The molecule has 3 aromatic carbocycles. The van der Waals surface area contributed by atoms with Crippen molar-refractivity contribution in [2.45, 2.75) is 11.5 Å². The van der Waals surface area contributed by atoms with Gasteiger partial charge in [-0.15, -0.1) is 0 Å². The summed E-state index contributed by atoms with van der Waals surface area (Å²) in [5.41, 5.74) is 1.24. The van der Waals surface area contributed by atoms with E-state index in [-0.39, 0.29) is 11.5 Å². The molecule has 0 atom stereocenters. The van der Waals surface area contributed by atoms with Gasteiger partial charge in [0.2, 0.25) is 9.84 Å². The molecule has 0 aliphatic carbocycles. The summed E-state index contributed by atoms with van der Waals surface area (Å²) in [7, 11) is -2.49. The maximum Gasteiger partial charge on any atom is 0.216 e. The summed E-state index contributed by atoms with van der Waals surface area (Å²) < 4.78 is 37.0. The van der Waals surface area contributed by atoms with E-state index in [1.807, 2.05) is 12.1 Å². The van der Waals surface area contributed by atoms with E-state index in [2.05, 4.69) is 0 Å². The van der Waals surface area contributed by atoms with Crippen LogP contribution in [0.4, 0.5) is 0 Å². The number of nitrogens with zero attached hydrogens (tertiary/aromatic N) is 1. The topological polar surface area (TPSA) is 76.4 Å². The number of benzene rings is 3. The Labute approximate surface area is 180 Å². The highest BCUT2D eigenvalue weighted by atomic mass is 35.5. The van der Waals surface area contributed by atoms with Crippen LogP contribution in [0.3, 0.4) is 0 Å². The van der Waals surface area contributed by atoms with Crippen LogP contribution in [0, 0.1) is 11.3 Å². The van der Waals surface area contributed by atoms with Crippen LogP contribution >= 0.6 is 11.6 Å². The lowest BCUT2D eigenvalue weighted by Gasteiger charge is -2.14. The molecule has 7 heteroatoms. The van der Waals surface area contributed by atoms with Gasteiger partial charge in [-0.05, 0) is 42.0 Å². The van der Waals surface area contributed by atoms with Gasteiger partial charge in [0.1, 0.15) is 17.6 Å². The first-order chi connectivity index (χ1) is 14.5. The van der Waals surface area contributed by atoms with Gasteiger partial charge in [0, 0.05) is 10.6 Å². The Morgan fingerprint density at radius 1 is 1.07 bits per heavy atom. The second-order valence-corrected chi connectivity index (χ2v) is 8.59. The number of nitriles is 1. The first kappa shape index (κ1) is 21.4. The Morgan fingerprint density at radius 3 is 2.47 bits per heavy atom. The van der Waals surface area contributed by atoms with Crippen LogP contribution in [-0.2, 0) is 16.4 Å². The molecular formula is C23H18ClNO4S. The molecule has 0 fully saturated rings. The summed E-state index contributed by atoms with van der Waals surface area (Å²) >= 11 is 6.02. The third-order valence-corrected chi connectivity index (χ3v) is 6.16. The zero-order valence-electron chi connectivity index (χ0n) is 16.1. The van der Waals surface area contributed by atoms with Gasteiger partial charge in [-0.25, -0.2) is 8.42 Å². The van der Waals surface area contributed by atoms with Gasteiger partial charge >= 0.3 is 0 Å². The fraction of sp³-hybridized carbons (Fsp3) is 0.0870. The SMILES string of the molecule is COc1cccc(/C=C(/C#N)S(=O)(=O)c2ccccc2)c1OCc1cccc(Cl)c1. The maximum atomic E-state index is 12.9. The van der Waals surface area contributed by atoms with Crippen molar-refractivity contribution in [1.82, 2.24) is 0 Å². The first-order valence-electron chi connectivity index (χ1n) is 8.92. The van der Waals surface area contributed by atoms with Crippen molar-refractivity contribution in [3.8, 4) is 17.6 Å². The van der Waals surface area contributed by atoms with Crippen molar-refractivity contribution in [3.63, 3.8) is 0 Å². The van der Waals surface area contributed by atoms with Crippen LogP contribution in [0.2, 0.25) is 5.02 Å². The molecule has 0 bridgehead atoms. The van der Waals surface area contributed by atoms with E-state index >= 15 is 0 Å². The summed E-state index contributed by atoms with van der Waals surface area (Å²) in [6.45, 7) is 0.190. The minimum Gasteiger partial charge on any atom is -0.493 e. The number of allylic oxidation sites excluding steroid dienone is 1. The Bertz CT molecular complexity index is 1220. The van der Waals surface area contributed by atoms with Crippen LogP contribution in [0.15, 0.2) is 82.6 Å².